The first-order chi connectivity index (χ1) is 11.7. The summed E-state index contributed by atoms with van der Waals surface area (Å²) in [5, 5.41) is 36.2. The van der Waals surface area contributed by atoms with Gasteiger partial charge in [0.25, 0.3) is 0 Å². The number of nitrogens with one attached hydrogen (secondary N) is 1. The van der Waals surface area contributed by atoms with Crippen LogP contribution in [0.2, 0.25) is 0 Å². The Morgan fingerprint density at radius 2 is 1.96 bits per heavy atom. The summed E-state index contributed by atoms with van der Waals surface area (Å²) >= 11 is 0. The van der Waals surface area contributed by atoms with E-state index in [0.717, 1.165) is 5.75 Å². The van der Waals surface area contributed by atoms with E-state index in [1.807, 2.05) is 13.0 Å². The van der Waals surface area contributed by atoms with E-state index in [0.29, 0.717) is 6.61 Å². The maximum Gasteiger partial charge on any atom is 0.633 e. The van der Waals surface area contributed by atoms with Gasteiger partial charge in [0.1, 0.15) is 5.75 Å². The summed E-state index contributed by atoms with van der Waals surface area (Å²) in [5.74, 6) is 0.940. The first-order valence-corrected chi connectivity index (χ1v) is 8.20. The van der Waals surface area contributed by atoms with E-state index in [1.54, 1.807) is 0 Å². The average molecular weight is 353 g/mol. The fourth-order valence-electron chi connectivity index (χ4n) is 2.47. The number of hydrogen-bond donors (Lipinski definition) is 5. The lowest BCUT2D eigenvalue weighted by Gasteiger charge is -2.31. The van der Waals surface area contributed by atoms with Gasteiger partial charge in [0.2, 0.25) is 0 Å². The molecule has 0 saturated heterocycles. The zero-order valence-electron chi connectivity index (χ0n) is 15.2. The lowest BCUT2D eigenvalue weighted by molar-refractivity contribution is 0.0362. The van der Waals surface area contributed by atoms with Gasteiger partial charge in [-0.1, -0.05) is 6.08 Å². The Hall–Kier alpha value is -1.58. The van der Waals surface area contributed by atoms with Crippen LogP contribution < -0.4 is 10.1 Å². The fourth-order valence-corrected chi connectivity index (χ4v) is 2.47. The first kappa shape index (κ1) is 21.5. The van der Waals surface area contributed by atoms with Crippen molar-refractivity contribution in [2.45, 2.75) is 39.3 Å². The Morgan fingerprint density at radius 3 is 2.52 bits per heavy atom. The third kappa shape index (κ3) is 7.45. The van der Waals surface area contributed by atoms with Crippen molar-refractivity contribution < 1.29 is 29.7 Å². The van der Waals surface area contributed by atoms with Crippen molar-refractivity contribution in [3.05, 3.63) is 29.8 Å². The number of aliphatic hydroxyl groups excluding tert-OH is 2. The zero-order valence-corrected chi connectivity index (χ0v) is 15.2. The smallest absolute Gasteiger partial charge is 0.494 e. The number of aliphatic hydroxyl groups is 2. The topological polar surface area (TPSA) is 111 Å². The molecular weight excluding hydrogens is 325 g/mol. The molecule has 1 aliphatic heterocycles. The van der Waals surface area contributed by atoms with Crippen LogP contribution in [0.4, 0.5) is 5.69 Å². The van der Waals surface area contributed by atoms with Crippen LogP contribution in [0.3, 0.4) is 0 Å². The van der Waals surface area contributed by atoms with Crippen LogP contribution in [-0.2, 0) is 4.65 Å². The summed E-state index contributed by atoms with van der Waals surface area (Å²) in [6.07, 6.45) is 1.21. The van der Waals surface area contributed by atoms with E-state index in [4.69, 9.17) is 25.0 Å². The first-order valence-electron chi connectivity index (χ1n) is 8.20. The predicted octanol–water partition coefficient (Wildman–Crippen LogP) is 1.02. The maximum atomic E-state index is 8.51. The third-order valence-electron chi connectivity index (χ3n) is 3.41. The molecule has 1 unspecified atom stereocenters. The van der Waals surface area contributed by atoms with E-state index in [-0.39, 0.29) is 12.1 Å². The summed E-state index contributed by atoms with van der Waals surface area (Å²) in [5.41, 5.74) is 3.77. The number of anilines is 1. The van der Waals surface area contributed by atoms with Crippen molar-refractivity contribution in [3.63, 3.8) is 0 Å². The lowest BCUT2D eigenvalue weighted by atomic mass is 9.91. The molecule has 0 bridgehead atoms. The van der Waals surface area contributed by atoms with Gasteiger partial charge in [-0.25, -0.2) is 0 Å². The second-order valence-electron chi connectivity index (χ2n) is 6.31. The molecule has 1 aromatic rings. The van der Waals surface area contributed by atoms with Crippen LogP contribution in [0.15, 0.2) is 24.3 Å². The molecule has 1 atom stereocenters. The number of hydrogen-bond acceptors (Lipinski definition) is 7. The Balaban J connectivity index is 0.000000299. The van der Waals surface area contributed by atoms with Gasteiger partial charge in [0, 0.05) is 11.3 Å². The van der Waals surface area contributed by atoms with Gasteiger partial charge < -0.3 is 35.0 Å². The summed E-state index contributed by atoms with van der Waals surface area (Å²) in [7, 11) is -1.88. The molecule has 0 radical (unpaired) electrons. The quantitative estimate of drug-likeness (QED) is 0.486. The van der Waals surface area contributed by atoms with Crippen molar-refractivity contribution in [3.8, 4) is 5.75 Å². The third-order valence-corrected chi connectivity index (χ3v) is 3.41. The maximum absolute atomic E-state index is 8.51. The minimum Gasteiger partial charge on any atom is -0.494 e. The Bertz CT molecular complexity index is 576. The van der Waals surface area contributed by atoms with E-state index in [9.17, 15) is 0 Å². The van der Waals surface area contributed by atoms with Crippen LogP contribution >= 0.6 is 0 Å². The van der Waals surface area contributed by atoms with E-state index >= 15 is 0 Å². The number of benzene rings is 1. The van der Waals surface area contributed by atoms with Crippen LogP contribution in [-0.4, -0.2) is 59.0 Å². The molecule has 0 aliphatic carbocycles. The number of allylic oxidation sites excluding steroid dienone is 1. The monoisotopic (exact) mass is 353 g/mol. The highest BCUT2D eigenvalue weighted by molar-refractivity contribution is 6.32. The van der Waals surface area contributed by atoms with Crippen molar-refractivity contribution in [2.24, 2.45) is 0 Å². The second-order valence-corrected chi connectivity index (χ2v) is 6.31. The molecule has 8 heteroatoms. The minimum atomic E-state index is -1.88. The molecular formula is C17H28BNO6. The molecule has 1 aliphatic rings. The highest BCUT2D eigenvalue weighted by Crippen LogP contribution is 2.35. The molecule has 0 saturated carbocycles. The lowest BCUT2D eigenvalue weighted by Crippen LogP contribution is -2.31. The summed E-state index contributed by atoms with van der Waals surface area (Å²) in [4.78, 5) is 0. The molecule has 1 heterocycles. The molecule has 0 spiro atoms. The van der Waals surface area contributed by atoms with Gasteiger partial charge in [-0.05, 0) is 51.5 Å². The van der Waals surface area contributed by atoms with Gasteiger partial charge in [-0.15, -0.1) is 0 Å². The average Bonchev–Trinajstić information content (AvgIpc) is 2.53. The van der Waals surface area contributed by atoms with Gasteiger partial charge in [-0.3, -0.25) is 0 Å². The molecule has 7 nitrogen and oxygen atoms in total. The fraction of sp³-hybridized carbons (Fsp3) is 0.529. The number of ether oxygens (including phenoxy) is 1. The largest absolute Gasteiger partial charge is 0.633 e. The van der Waals surface area contributed by atoms with Crippen molar-refractivity contribution >= 4 is 18.6 Å². The van der Waals surface area contributed by atoms with Gasteiger partial charge in [0.15, 0.2) is 0 Å². The Morgan fingerprint density at radius 1 is 1.28 bits per heavy atom. The van der Waals surface area contributed by atoms with Crippen LogP contribution in [0.25, 0.3) is 5.57 Å². The van der Waals surface area contributed by atoms with E-state index < -0.39 is 20.0 Å². The van der Waals surface area contributed by atoms with Crippen LogP contribution in [0, 0.1) is 0 Å². The van der Waals surface area contributed by atoms with Crippen molar-refractivity contribution in [1.29, 1.82) is 0 Å². The summed E-state index contributed by atoms with van der Waals surface area (Å²) in [6, 6.07) is 6.22. The molecule has 25 heavy (non-hydrogen) atoms. The number of fused-ring (bicyclic) bond motifs is 1. The highest BCUT2D eigenvalue weighted by atomic mass is 16.6. The van der Waals surface area contributed by atoms with E-state index in [1.165, 1.54) is 16.8 Å². The SMILES string of the molecule is CCOc1ccc2c(c1)C(C)=CC(C)(C)N2.OCC(O)COB(O)O. The normalized spacial score (nSPS) is 15.8. The molecule has 2 rings (SSSR count). The van der Waals surface area contributed by atoms with E-state index in [2.05, 4.69) is 49.0 Å². The zero-order chi connectivity index (χ0) is 19.0. The molecule has 0 amide bonds. The van der Waals surface area contributed by atoms with Gasteiger partial charge in [-0.2, -0.15) is 0 Å². The van der Waals surface area contributed by atoms with Crippen LogP contribution in [0.1, 0.15) is 33.3 Å². The number of rotatable bonds is 6. The Kier molecular flexibility index (Phi) is 8.41. The molecule has 140 valence electrons. The summed E-state index contributed by atoms with van der Waals surface area (Å²) in [6.45, 7) is 8.48. The molecule has 5 N–H and O–H groups in total. The molecule has 0 fully saturated rings. The predicted molar refractivity (Wildman–Crippen MR) is 98.2 cm³/mol. The highest BCUT2D eigenvalue weighted by Gasteiger charge is 2.22. The standard InChI is InChI=1S/C14H19NO.C3H9BO5/c1-5-16-11-6-7-13-12(8-11)10(2)9-14(3,4)15-13;5-1-3(6)2-9-4(7)8/h6-9,15H,5H2,1-4H3;3,5-8H,1-2H2. The minimum absolute atomic E-state index is 0.0320. The molecule has 0 aromatic heterocycles. The Labute approximate surface area is 149 Å². The van der Waals surface area contributed by atoms with Gasteiger partial charge in [0.05, 0.1) is 31.5 Å². The van der Waals surface area contributed by atoms with Crippen LogP contribution in [0.5, 0.6) is 5.75 Å². The second kappa shape index (κ2) is 9.79. The van der Waals surface area contributed by atoms with Crippen molar-refractivity contribution in [1.82, 2.24) is 0 Å². The summed E-state index contributed by atoms with van der Waals surface area (Å²) < 4.78 is 9.61. The van der Waals surface area contributed by atoms with Crippen molar-refractivity contribution in [2.75, 3.05) is 25.1 Å². The van der Waals surface area contributed by atoms with Gasteiger partial charge >= 0.3 is 7.32 Å². The molecule has 1 aromatic carbocycles.